The first kappa shape index (κ1) is 24.3. The van der Waals surface area contributed by atoms with Crippen LogP contribution in [0.3, 0.4) is 0 Å². The van der Waals surface area contributed by atoms with Crippen LogP contribution >= 0.6 is 0 Å². The number of benzene rings is 3. The van der Waals surface area contributed by atoms with E-state index in [1.54, 1.807) is 36.4 Å². The predicted octanol–water partition coefficient (Wildman–Crippen LogP) is 4.82. The Bertz CT molecular complexity index is 1160. The largest absolute Gasteiger partial charge is 0.497 e. The Morgan fingerprint density at radius 3 is 2.15 bits per heavy atom. The number of sulfonamides is 1. The third-order valence-electron chi connectivity index (χ3n) is 4.81. The van der Waals surface area contributed by atoms with Gasteiger partial charge in [-0.05, 0) is 60.9 Å². The van der Waals surface area contributed by atoms with Gasteiger partial charge in [-0.3, -0.25) is 4.79 Å². The van der Waals surface area contributed by atoms with Gasteiger partial charge in [0.25, 0.3) is 0 Å². The average Bonchev–Trinajstić information content (AvgIpc) is 2.80. The number of carbonyl (C=O) groups excluding carboxylic acids is 1. The van der Waals surface area contributed by atoms with Crippen LogP contribution in [0.5, 0.6) is 17.2 Å². The van der Waals surface area contributed by atoms with Crippen LogP contribution in [-0.2, 0) is 14.8 Å². The van der Waals surface area contributed by atoms with Crippen molar-refractivity contribution in [3.8, 4) is 17.2 Å². The minimum Gasteiger partial charge on any atom is -0.497 e. The van der Waals surface area contributed by atoms with Gasteiger partial charge in [-0.15, -0.1) is 0 Å². The van der Waals surface area contributed by atoms with E-state index in [2.05, 4.69) is 10.0 Å². The monoisotopic (exact) mass is 468 g/mol. The highest BCUT2D eigenvalue weighted by Gasteiger charge is 2.27. The van der Waals surface area contributed by atoms with Crippen molar-refractivity contribution in [3.63, 3.8) is 0 Å². The highest BCUT2D eigenvalue weighted by atomic mass is 32.2. The molecule has 8 heteroatoms. The van der Waals surface area contributed by atoms with Gasteiger partial charge in [0, 0.05) is 0 Å². The van der Waals surface area contributed by atoms with Gasteiger partial charge in [-0.2, -0.15) is 4.72 Å². The summed E-state index contributed by atoms with van der Waals surface area (Å²) in [6.07, 6.45) is 0.322. The second-order valence-electron chi connectivity index (χ2n) is 7.88. The van der Waals surface area contributed by atoms with E-state index in [0.29, 0.717) is 29.4 Å². The Labute approximate surface area is 194 Å². The van der Waals surface area contributed by atoms with Crippen LogP contribution in [0.25, 0.3) is 0 Å². The van der Waals surface area contributed by atoms with Gasteiger partial charge >= 0.3 is 0 Å². The number of amides is 1. The molecule has 0 aliphatic rings. The third-order valence-corrected chi connectivity index (χ3v) is 6.29. The molecule has 7 nitrogen and oxygen atoms in total. The summed E-state index contributed by atoms with van der Waals surface area (Å²) < 4.78 is 39.4. The fourth-order valence-electron chi connectivity index (χ4n) is 3.18. The van der Waals surface area contributed by atoms with Gasteiger partial charge < -0.3 is 14.8 Å². The maximum Gasteiger partial charge on any atom is 0.242 e. The fraction of sp³-hybridized carbons (Fsp3) is 0.240. The maximum absolute atomic E-state index is 13.1. The summed E-state index contributed by atoms with van der Waals surface area (Å²) >= 11 is 0. The lowest BCUT2D eigenvalue weighted by molar-refractivity contribution is -0.118. The number of para-hydroxylation sites is 3. The minimum absolute atomic E-state index is 0.0534. The van der Waals surface area contributed by atoms with Crippen LogP contribution in [-0.4, -0.2) is 27.5 Å². The van der Waals surface area contributed by atoms with E-state index in [-0.39, 0.29) is 10.8 Å². The summed E-state index contributed by atoms with van der Waals surface area (Å²) in [5.74, 6) is 1.23. The van der Waals surface area contributed by atoms with Crippen LogP contribution in [0, 0.1) is 5.92 Å². The maximum atomic E-state index is 13.1. The molecule has 0 spiro atoms. The van der Waals surface area contributed by atoms with Crippen LogP contribution in [0.1, 0.15) is 20.3 Å². The number of ether oxygens (including phenoxy) is 2. The molecule has 174 valence electrons. The van der Waals surface area contributed by atoms with E-state index >= 15 is 0 Å². The molecule has 0 fully saturated rings. The molecule has 0 saturated carbocycles. The molecule has 33 heavy (non-hydrogen) atoms. The van der Waals surface area contributed by atoms with Gasteiger partial charge in [0.1, 0.15) is 17.5 Å². The van der Waals surface area contributed by atoms with Crippen LogP contribution in [0.4, 0.5) is 5.69 Å². The second-order valence-corrected chi connectivity index (χ2v) is 9.59. The molecule has 3 aromatic rings. The molecule has 0 aliphatic heterocycles. The van der Waals surface area contributed by atoms with E-state index in [0.717, 1.165) is 0 Å². The van der Waals surface area contributed by atoms with Gasteiger partial charge in [0.15, 0.2) is 5.75 Å². The molecule has 0 bridgehead atoms. The van der Waals surface area contributed by atoms with E-state index in [1.165, 1.54) is 19.2 Å². The van der Waals surface area contributed by atoms with Crippen molar-refractivity contribution in [2.24, 2.45) is 5.92 Å². The Morgan fingerprint density at radius 2 is 1.52 bits per heavy atom. The standard InChI is InChI=1S/C25H28N2O5S/c1-18(2)17-23(27-33(29,30)21-15-13-19(31-3)14-16-21)25(28)26-22-11-7-8-12-24(22)32-20-9-5-4-6-10-20/h4-16,18,23,27H,17H2,1-3H3,(H,26,28)/t23-/m1/s1. The molecule has 1 amide bonds. The zero-order chi connectivity index (χ0) is 23.8. The summed E-state index contributed by atoms with van der Waals surface area (Å²) in [6.45, 7) is 3.85. The molecule has 3 aromatic carbocycles. The van der Waals surface area contributed by atoms with Crippen molar-refractivity contribution in [1.29, 1.82) is 0 Å². The zero-order valence-electron chi connectivity index (χ0n) is 18.8. The van der Waals surface area contributed by atoms with Crippen molar-refractivity contribution in [2.75, 3.05) is 12.4 Å². The van der Waals surface area contributed by atoms with Crippen molar-refractivity contribution >= 4 is 21.6 Å². The van der Waals surface area contributed by atoms with E-state index in [9.17, 15) is 13.2 Å². The topological polar surface area (TPSA) is 93.7 Å². The van der Waals surface area contributed by atoms with Crippen LogP contribution in [0.2, 0.25) is 0 Å². The average molecular weight is 469 g/mol. The van der Waals surface area contributed by atoms with Gasteiger partial charge in [-0.1, -0.05) is 44.2 Å². The first-order valence-corrected chi connectivity index (χ1v) is 12.1. The molecule has 0 unspecified atom stereocenters. The smallest absolute Gasteiger partial charge is 0.242 e. The lowest BCUT2D eigenvalue weighted by Gasteiger charge is -2.21. The minimum atomic E-state index is -3.92. The van der Waals surface area contributed by atoms with E-state index in [4.69, 9.17) is 9.47 Å². The molecule has 1 atom stereocenters. The Hall–Kier alpha value is -3.36. The molecule has 0 aromatic heterocycles. The first-order chi connectivity index (χ1) is 15.8. The Balaban J connectivity index is 1.80. The van der Waals surface area contributed by atoms with Gasteiger partial charge in [0.05, 0.1) is 17.7 Å². The molecular formula is C25H28N2O5S. The lowest BCUT2D eigenvalue weighted by Crippen LogP contribution is -2.44. The summed E-state index contributed by atoms with van der Waals surface area (Å²) in [4.78, 5) is 13.2. The lowest BCUT2D eigenvalue weighted by atomic mass is 10.0. The Kier molecular flexibility index (Phi) is 8.08. The SMILES string of the molecule is COc1ccc(S(=O)(=O)N[C@H](CC(C)C)C(=O)Nc2ccccc2Oc2ccccc2)cc1. The molecule has 3 rings (SSSR count). The van der Waals surface area contributed by atoms with Crippen LogP contribution < -0.4 is 19.5 Å². The highest BCUT2D eigenvalue weighted by molar-refractivity contribution is 7.89. The predicted molar refractivity (Wildman–Crippen MR) is 128 cm³/mol. The highest BCUT2D eigenvalue weighted by Crippen LogP contribution is 2.29. The van der Waals surface area contributed by atoms with Crippen molar-refractivity contribution in [1.82, 2.24) is 4.72 Å². The number of rotatable bonds is 10. The summed E-state index contributed by atoms with van der Waals surface area (Å²) in [6, 6.07) is 21.2. The van der Waals surface area contributed by atoms with Gasteiger partial charge in [-0.25, -0.2) is 8.42 Å². The van der Waals surface area contributed by atoms with Crippen molar-refractivity contribution in [3.05, 3.63) is 78.9 Å². The molecule has 0 aliphatic carbocycles. The summed E-state index contributed by atoms with van der Waals surface area (Å²) in [5.41, 5.74) is 0.448. The normalized spacial score (nSPS) is 12.2. The number of hydrogen-bond donors (Lipinski definition) is 2. The summed E-state index contributed by atoms with van der Waals surface area (Å²) in [5, 5.41) is 2.82. The number of anilines is 1. The molecule has 0 saturated heterocycles. The third kappa shape index (κ3) is 6.81. The fourth-order valence-corrected chi connectivity index (χ4v) is 4.39. The van der Waals surface area contributed by atoms with Crippen molar-refractivity contribution in [2.45, 2.75) is 31.2 Å². The van der Waals surface area contributed by atoms with Crippen molar-refractivity contribution < 1.29 is 22.7 Å². The first-order valence-electron chi connectivity index (χ1n) is 10.6. The number of carbonyl (C=O) groups is 1. The number of methoxy groups -OCH3 is 1. The van der Waals surface area contributed by atoms with E-state index in [1.807, 2.05) is 44.2 Å². The quantitative estimate of drug-likeness (QED) is 0.445. The Morgan fingerprint density at radius 1 is 0.879 bits per heavy atom. The summed E-state index contributed by atoms with van der Waals surface area (Å²) in [7, 11) is -2.42. The molecular weight excluding hydrogens is 440 g/mol. The molecule has 0 radical (unpaired) electrons. The zero-order valence-corrected chi connectivity index (χ0v) is 19.6. The van der Waals surface area contributed by atoms with Crippen LogP contribution in [0.15, 0.2) is 83.8 Å². The van der Waals surface area contributed by atoms with E-state index < -0.39 is 22.0 Å². The molecule has 0 heterocycles. The second kappa shape index (κ2) is 11.0. The number of hydrogen-bond acceptors (Lipinski definition) is 5. The molecule has 2 N–H and O–H groups in total. The number of nitrogens with one attached hydrogen (secondary N) is 2. The van der Waals surface area contributed by atoms with Gasteiger partial charge in [0.2, 0.25) is 15.9 Å².